The Labute approximate surface area is 151 Å². The molecule has 1 amide bonds. The number of benzene rings is 2. The predicted octanol–water partition coefficient (Wildman–Crippen LogP) is 3.47. The summed E-state index contributed by atoms with van der Waals surface area (Å²) in [6.45, 7) is 0.688. The van der Waals surface area contributed by atoms with Crippen molar-refractivity contribution >= 4 is 5.91 Å². The highest BCUT2D eigenvalue weighted by molar-refractivity contribution is 5.95. The monoisotopic (exact) mass is 346 g/mol. The summed E-state index contributed by atoms with van der Waals surface area (Å²) >= 11 is 0. The molecule has 5 nitrogen and oxygen atoms in total. The van der Waals surface area contributed by atoms with Gasteiger partial charge in [0.05, 0.1) is 18.3 Å². The van der Waals surface area contributed by atoms with E-state index < -0.39 is 0 Å². The highest BCUT2D eigenvalue weighted by Crippen LogP contribution is 2.25. The van der Waals surface area contributed by atoms with Crippen molar-refractivity contribution in [1.29, 1.82) is 0 Å². The Kier molecular flexibility index (Phi) is 4.62. The lowest BCUT2D eigenvalue weighted by molar-refractivity contribution is -0.0163. The molecule has 1 N–H and O–H groups in total. The highest BCUT2D eigenvalue weighted by Gasteiger charge is 2.20. The first-order chi connectivity index (χ1) is 12.8. The van der Waals surface area contributed by atoms with Gasteiger partial charge < -0.3 is 14.8 Å². The molecule has 4 rings (SSSR count). The number of hydrogen-bond donors (Lipinski definition) is 1. The SMILES string of the molecule is O=C(NC(c1ccccc1)c1ccccn1)c1ccc2c(c1)COCO2. The highest BCUT2D eigenvalue weighted by atomic mass is 16.7. The predicted molar refractivity (Wildman–Crippen MR) is 96.7 cm³/mol. The van der Waals surface area contributed by atoms with Crippen LogP contribution in [0.4, 0.5) is 0 Å². The molecule has 3 aromatic rings. The van der Waals surface area contributed by atoms with Crippen LogP contribution in [0.15, 0.2) is 72.9 Å². The summed E-state index contributed by atoms with van der Waals surface area (Å²) in [6, 6.07) is 20.5. The fraction of sp³-hybridized carbons (Fsp3) is 0.143. The van der Waals surface area contributed by atoms with E-state index >= 15 is 0 Å². The van der Waals surface area contributed by atoms with Crippen LogP contribution < -0.4 is 10.1 Å². The number of nitrogens with one attached hydrogen (secondary N) is 1. The van der Waals surface area contributed by atoms with E-state index in [0.29, 0.717) is 12.2 Å². The molecule has 0 saturated heterocycles. The standard InChI is InChI=1S/C21H18N2O3/c24-21(16-9-10-19-17(12-16)13-25-14-26-19)23-20(15-6-2-1-3-7-15)18-8-4-5-11-22-18/h1-12,20H,13-14H2,(H,23,24). The summed E-state index contributed by atoms with van der Waals surface area (Å²) in [4.78, 5) is 17.3. The second-order valence-corrected chi connectivity index (χ2v) is 6.00. The van der Waals surface area contributed by atoms with Crippen molar-refractivity contribution < 1.29 is 14.3 Å². The van der Waals surface area contributed by atoms with E-state index in [4.69, 9.17) is 9.47 Å². The number of hydrogen-bond acceptors (Lipinski definition) is 4. The lowest BCUT2D eigenvalue weighted by Crippen LogP contribution is -2.30. The van der Waals surface area contributed by atoms with Crippen molar-refractivity contribution in [2.75, 3.05) is 6.79 Å². The van der Waals surface area contributed by atoms with Gasteiger partial charge in [-0.05, 0) is 35.9 Å². The Hall–Kier alpha value is -3.18. The van der Waals surface area contributed by atoms with E-state index in [-0.39, 0.29) is 18.7 Å². The molecule has 1 aliphatic heterocycles. The summed E-state index contributed by atoms with van der Waals surface area (Å²) in [5.41, 5.74) is 3.20. The maximum absolute atomic E-state index is 12.9. The van der Waals surface area contributed by atoms with Gasteiger partial charge in [-0.1, -0.05) is 36.4 Å². The third kappa shape index (κ3) is 3.43. The van der Waals surface area contributed by atoms with Gasteiger partial charge in [0.2, 0.25) is 0 Å². The molecule has 1 unspecified atom stereocenters. The number of amides is 1. The molecule has 0 fully saturated rings. The molecule has 0 radical (unpaired) electrons. The van der Waals surface area contributed by atoms with Gasteiger partial charge in [-0.25, -0.2) is 0 Å². The molecule has 0 aliphatic carbocycles. The number of rotatable bonds is 4. The van der Waals surface area contributed by atoms with Crippen LogP contribution in [0.25, 0.3) is 0 Å². The molecular formula is C21H18N2O3. The van der Waals surface area contributed by atoms with E-state index in [1.165, 1.54) is 0 Å². The summed E-state index contributed by atoms with van der Waals surface area (Å²) in [5, 5.41) is 3.09. The van der Waals surface area contributed by atoms with Gasteiger partial charge in [-0.2, -0.15) is 0 Å². The average Bonchev–Trinajstić information content (AvgIpc) is 2.72. The molecule has 5 heteroatoms. The lowest BCUT2D eigenvalue weighted by Gasteiger charge is -2.21. The zero-order valence-electron chi connectivity index (χ0n) is 14.1. The number of carbonyl (C=O) groups excluding carboxylic acids is 1. The summed E-state index contributed by atoms with van der Waals surface area (Å²) in [6.07, 6.45) is 1.73. The van der Waals surface area contributed by atoms with Crippen LogP contribution in [0.2, 0.25) is 0 Å². The van der Waals surface area contributed by atoms with Crippen LogP contribution in [0.3, 0.4) is 0 Å². The topological polar surface area (TPSA) is 60.5 Å². The van der Waals surface area contributed by atoms with Gasteiger partial charge in [-0.15, -0.1) is 0 Å². The molecule has 0 bridgehead atoms. The fourth-order valence-electron chi connectivity index (χ4n) is 2.97. The van der Waals surface area contributed by atoms with Crippen molar-refractivity contribution in [2.45, 2.75) is 12.6 Å². The number of carbonyl (C=O) groups is 1. The number of nitrogens with zero attached hydrogens (tertiary/aromatic N) is 1. The Bertz CT molecular complexity index is 858. The average molecular weight is 346 g/mol. The van der Waals surface area contributed by atoms with Gasteiger partial charge >= 0.3 is 0 Å². The van der Waals surface area contributed by atoms with Crippen LogP contribution in [0.5, 0.6) is 5.75 Å². The van der Waals surface area contributed by atoms with Crippen molar-refractivity contribution in [2.24, 2.45) is 0 Å². The van der Waals surface area contributed by atoms with Crippen molar-refractivity contribution in [1.82, 2.24) is 10.3 Å². The Morgan fingerprint density at radius 2 is 1.88 bits per heavy atom. The maximum atomic E-state index is 12.9. The van der Waals surface area contributed by atoms with Gasteiger partial charge in [0.15, 0.2) is 6.79 Å². The van der Waals surface area contributed by atoms with Gasteiger partial charge in [0.1, 0.15) is 5.75 Å². The number of pyridine rings is 1. The molecule has 130 valence electrons. The zero-order valence-corrected chi connectivity index (χ0v) is 14.1. The van der Waals surface area contributed by atoms with Gasteiger partial charge in [0, 0.05) is 17.3 Å². The molecule has 2 heterocycles. The third-order valence-corrected chi connectivity index (χ3v) is 4.27. The van der Waals surface area contributed by atoms with Crippen LogP contribution in [-0.4, -0.2) is 17.7 Å². The van der Waals surface area contributed by atoms with Gasteiger partial charge in [-0.3, -0.25) is 9.78 Å². The van der Waals surface area contributed by atoms with Crippen LogP contribution in [0, 0.1) is 0 Å². The smallest absolute Gasteiger partial charge is 0.252 e. The summed E-state index contributed by atoms with van der Waals surface area (Å²) in [7, 11) is 0. The van der Waals surface area contributed by atoms with Crippen LogP contribution in [-0.2, 0) is 11.3 Å². The number of aromatic nitrogens is 1. The minimum Gasteiger partial charge on any atom is -0.467 e. The van der Waals surface area contributed by atoms with E-state index in [9.17, 15) is 4.79 Å². The van der Waals surface area contributed by atoms with Gasteiger partial charge in [0.25, 0.3) is 5.91 Å². The minimum atomic E-state index is -0.326. The maximum Gasteiger partial charge on any atom is 0.252 e. The number of fused-ring (bicyclic) bond motifs is 1. The first-order valence-electron chi connectivity index (χ1n) is 8.41. The molecule has 1 atom stereocenters. The first kappa shape index (κ1) is 16.3. The van der Waals surface area contributed by atoms with Crippen molar-refractivity contribution in [3.63, 3.8) is 0 Å². The first-order valence-corrected chi connectivity index (χ1v) is 8.41. The van der Waals surface area contributed by atoms with E-state index in [1.54, 1.807) is 12.3 Å². The molecule has 26 heavy (non-hydrogen) atoms. The molecule has 1 aliphatic rings. The van der Waals surface area contributed by atoms with E-state index in [0.717, 1.165) is 22.6 Å². The summed E-state index contributed by atoms with van der Waals surface area (Å²) in [5.74, 6) is 0.593. The minimum absolute atomic E-state index is 0.169. The van der Waals surface area contributed by atoms with Crippen molar-refractivity contribution in [3.05, 3.63) is 95.3 Å². The second kappa shape index (κ2) is 7.37. The Balaban J connectivity index is 1.62. The lowest BCUT2D eigenvalue weighted by atomic mass is 10.0. The number of ether oxygens (including phenoxy) is 2. The van der Waals surface area contributed by atoms with E-state index in [1.807, 2.05) is 60.7 Å². The normalized spacial score (nSPS) is 14.0. The molecular weight excluding hydrogens is 328 g/mol. The third-order valence-electron chi connectivity index (χ3n) is 4.27. The fourth-order valence-corrected chi connectivity index (χ4v) is 2.97. The molecule has 2 aromatic carbocycles. The Morgan fingerprint density at radius 1 is 1.04 bits per heavy atom. The molecule has 1 aromatic heterocycles. The zero-order chi connectivity index (χ0) is 17.8. The van der Waals surface area contributed by atoms with Crippen LogP contribution >= 0.6 is 0 Å². The molecule has 0 spiro atoms. The van der Waals surface area contributed by atoms with Crippen LogP contribution in [0.1, 0.15) is 33.2 Å². The largest absolute Gasteiger partial charge is 0.467 e. The molecule has 0 saturated carbocycles. The Morgan fingerprint density at radius 3 is 2.69 bits per heavy atom. The van der Waals surface area contributed by atoms with Crippen molar-refractivity contribution in [3.8, 4) is 5.75 Å². The summed E-state index contributed by atoms with van der Waals surface area (Å²) < 4.78 is 10.7. The van der Waals surface area contributed by atoms with E-state index in [2.05, 4.69) is 10.3 Å². The quantitative estimate of drug-likeness (QED) is 0.786. The second-order valence-electron chi connectivity index (χ2n) is 6.00.